The summed E-state index contributed by atoms with van der Waals surface area (Å²) in [5.41, 5.74) is 8.66. The van der Waals surface area contributed by atoms with E-state index in [1.807, 2.05) is 31.2 Å². The number of halogens is 2. The first-order valence-electron chi connectivity index (χ1n) is 12.1. The summed E-state index contributed by atoms with van der Waals surface area (Å²) in [5, 5.41) is 21.4. The molecule has 1 heterocycles. The van der Waals surface area contributed by atoms with Gasteiger partial charge in [0.05, 0.1) is 18.1 Å². The highest BCUT2D eigenvalue weighted by Gasteiger charge is 2.25. The van der Waals surface area contributed by atoms with Crippen LogP contribution in [0.3, 0.4) is 0 Å². The molecule has 2 atom stereocenters. The van der Waals surface area contributed by atoms with E-state index < -0.39 is 35.2 Å². The number of nitrogens with zero attached hydrogens (tertiary/aromatic N) is 1. The highest BCUT2D eigenvalue weighted by Crippen LogP contribution is 2.22. The number of rotatable bonds is 10. The molecule has 2 aromatic carbocycles. The van der Waals surface area contributed by atoms with Gasteiger partial charge in [0.1, 0.15) is 17.4 Å². The smallest absolute Gasteiger partial charge is 0.255 e. The summed E-state index contributed by atoms with van der Waals surface area (Å²) in [6, 6.07) is 9.75. The average Bonchev–Trinajstić information content (AvgIpc) is 2.84. The van der Waals surface area contributed by atoms with Gasteiger partial charge in [-0.25, -0.2) is 8.78 Å². The predicted molar refractivity (Wildman–Crippen MR) is 137 cm³/mol. The van der Waals surface area contributed by atoms with Crippen molar-refractivity contribution in [3.63, 3.8) is 0 Å². The van der Waals surface area contributed by atoms with Crippen molar-refractivity contribution in [3.05, 3.63) is 98.0 Å². The summed E-state index contributed by atoms with van der Waals surface area (Å²) in [7, 11) is 0. The van der Waals surface area contributed by atoms with E-state index in [1.54, 1.807) is 13.8 Å². The van der Waals surface area contributed by atoms with Crippen molar-refractivity contribution in [2.75, 3.05) is 6.54 Å². The molecule has 0 spiro atoms. The number of carbonyl (C=O) groups is 1. The van der Waals surface area contributed by atoms with E-state index in [-0.39, 0.29) is 42.8 Å². The number of aromatic nitrogens is 1. The van der Waals surface area contributed by atoms with Gasteiger partial charge in [0.25, 0.3) is 5.56 Å². The lowest BCUT2D eigenvalue weighted by molar-refractivity contribution is -0.132. The Hall–Kier alpha value is -3.56. The van der Waals surface area contributed by atoms with Crippen molar-refractivity contribution < 1.29 is 23.8 Å². The predicted octanol–water partition coefficient (Wildman–Crippen LogP) is 3.04. The van der Waals surface area contributed by atoms with E-state index in [9.17, 15) is 28.6 Å². The molecule has 0 aliphatic heterocycles. The number of hydrogen-bond donors (Lipinski definition) is 4. The zero-order chi connectivity index (χ0) is 27.3. The summed E-state index contributed by atoms with van der Waals surface area (Å²) < 4.78 is 27.2. The molecule has 2 unspecified atom stereocenters. The fraction of sp³-hybridized carbons (Fsp3) is 0.357. The molecule has 37 heavy (non-hydrogen) atoms. The van der Waals surface area contributed by atoms with Crippen LogP contribution in [0, 0.1) is 25.5 Å². The van der Waals surface area contributed by atoms with Crippen molar-refractivity contribution >= 4 is 5.91 Å². The Labute approximate surface area is 214 Å². The lowest BCUT2D eigenvalue weighted by atomic mass is 10.0. The number of H-pyrrole nitrogens is 1. The first-order valence-corrected chi connectivity index (χ1v) is 12.1. The highest BCUT2D eigenvalue weighted by atomic mass is 19.1. The molecule has 0 bridgehead atoms. The van der Waals surface area contributed by atoms with Gasteiger partial charge in [0.15, 0.2) is 0 Å². The van der Waals surface area contributed by atoms with Crippen LogP contribution >= 0.6 is 0 Å². The van der Waals surface area contributed by atoms with Crippen LogP contribution < -0.4 is 11.3 Å². The standard InChI is InChI=1S/C28H33F2N3O4/c1-4-18-6-5-7-19(8-18)14-33(26(35)13-23-27(36)16(2)17(3)32-28(23)37)15-25(34)24(31)11-20-9-21(29)12-22(30)10-20/h5-10,12,24-25,34H,4,11,13-15,31H2,1-3H3,(H2,32,36,37). The Bertz CT molecular complexity index is 1310. The summed E-state index contributed by atoms with van der Waals surface area (Å²) in [5.74, 6) is -2.23. The maximum atomic E-state index is 13.6. The molecule has 0 saturated carbocycles. The van der Waals surface area contributed by atoms with Gasteiger partial charge in [0.2, 0.25) is 5.91 Å². The topological polar surface area (TPSA) is 120 Å². The minimum atomic E-state index is -1.23. The molecule has 0 aliphatic carbocycles. The van der Waals surface area contributed by atoms with Crippen LogP contribution in [0.5, 0.6) is 5.75 Å². The number of nitrogens with one attached hydrogen (secondary N) is 1. The van der Waals surface area contributed by atoms with E-state index in [0.29, 0.717) is 11.3 Å². The van der Waals surface area contributed by atoms with E-state index >= 15 is 0 Å². The number of hydrogen-bond acceptors (Lipinski definition) is 5. The number of benzene rings is 2. The molecular formula is C28H33F2N3O4. The second-order valence-corrected chi connectivity index (χ2v) is 9.37. The number of aliphatic hydroxyl groups excluding tert-OH is 1. The van der Waals surface area contributed by atoms with Crippen LogP contribution in [0.25, 0.3) is 0 Å². The number of aliphatic hydroxyl groups is 1. The Morgan fingerprint density at radius 2 is 1.73 bits per heavy atom. The maximum absolute atomic E-state index is 13.6. The zero-order valence-corrected chi connectivity index (χ0v) is 21.2. The summed E-state index contributed by atoms with van der Waals surface area (Å²) >= 11 is 0. The van der Waals surface area contributed by atoms with Gasteiger partial charge < -0.3 is 25.8 Å². The number of aromatic amines is 1. The SMILES string of the molecule is CCc1cccc(CN(CC(O)C(N)Cc2cc(F)cc(F)c2)C(=O)Cc2c(O)c(C)c(C)[nH]c2=O)c1. The molecule has 5 N–H and O–H groups in total. The van der Waals surface area contributed by atoms with E-state index in [0.717, 1.165) is 35.7 Å². The van der Waals surface area contributed by atoms with Crippen LogP contribution in [0.15, 0.2) is 47.3 Å². The quantitative estimate of drug-likeness (QED) is 0.332. The largest absolute Gasteiger partial charge is 0.507 e. The Morgan fingerprint density at radius 3 is 2.38 bits per heavy atom. The van der Waals surface area contributed by atoms with Crippen LogP contribution in [0.1, 0.15) is 40.4 Å². The van der Waals surface area contributed by atoms with Crippen LogP contribution in [-0.2, 0) is 30.6 Å². The van der Waals surface area contributed by atoms with Gasteiger partial charge in [-0.3, -0.25) is 9.59 Å². The molecule has 0 radical (unpaired) electrons. The van der Waals surface area contributed by atoms with Crippen LogP contribution in [0.4, 0.5) is 8.78 Å². The minimum absolute atomic E-state index is 0.0131. The normalized spacial score (nSPS) is 12.8. The lowest BCUT2D eigenvalue weighted by Gasteiger charge is -2.28. The van der Waals surface area contributed by atoms with Gasteiger partial charge in [-0.1, -0.05) is 31.2 Å². The van der Waals surface area contributed by atoms with Gasteiger partial charge in [-0.05, 0) is 55.5 Å². The maximum Gasteiger partial charge on any atom is 0.255 e. The number of carbonyl (C=O) groups excluding carboxylic acids is 1. The van der Waals surface area contributed by atoms with Crippen LogP contribution in [-0.4, -0.2) is 44.7 Å². The first kappa shape index (κ1) is 28.0. The molecule has 0 saturated heterocycles. The number of pyridine rings is 1. The van der Waals surface area contributed by atoms with Crippen molar-refractivity contribution in [3.8, 4) is 5.75 Å². The molecule has 3 rings (SSSR count). The second kappa shape index (κ2) is 12.1. The minimum Gasteiger partial charge on any atom is -0.507 e. The van der Waals surface area contributed by atoms with Gasteiger partial charge in [0, 0.05) is 36.5 Å². The Balaban J connectivity index is 1.84. The van der Waals surface area contributed by atoms with Crippen molar-refractivity contribution in [1.29, 1.82) is 0 Å². The molecule has 1 aromatic heterocycles. The van der Waals surface area contributed by atoms with Crippen molar-refractivity contribution in [1.82, 2.24) is 9.88 Å². The molecule has 7 nitrogen and oxygen atoms in total. The molecule has 1 amide bonds. The summed E-state index contributed by atoms with van der Waals surface area (Å²) in [6.45, 7) is 5.25. The third kappa shape index (κ3) is 7.24. The fourth-order valence-corrected chi connectivity index (χ4v) is 4.20. The Morgan fingerprint density at radius 1 is 1.08 bits per heavy atom. The number of aryl methyl sites for hydroxylation is 2. The monoisotopic (exact) mass is 513 g/mol. The fourth-order valence-electron chi connectivity index (χ4n) is 4.20. The molecule has 3 aromatic rings. The summed E-state index contributed by atoms with van der Waals surface area (Å²) in [4.78, 5) is 29.9. The van der Waals surface area contributed by atoms with Crippen LogP contribution in [0.2, 0.25) is 0 Å². The van der Waals surface area contributed by atoms with Crippen molar-refractivity contribution in [2.24, 2.45) is 5.73 Å². The van der Waals surface area contributed by atoms with Gasteiger partial charge in [-0.2, -0.15) is 0 Å². The zero-order valence-electron chi connectivity index (χ0n) is 21.2. The molecular weight excluding hydrogens is 480 g/mol. The number of aromatic hydroxyl groups is 1. The van der Waals surface area contributed by atoms with E-state index in [1.165, 1.54) is 4.90 Å². The van der Waals surface area contributed by atoms with E-state index in [4.69, 9.17) is 5.73 Å². The molecule has 0 fully saturated rings. The van der Waals surface area contributed by atoms with Crippen molar-refractivity contribution in [2.45, 2.75) is 58.7 Å². The van der Waals surface area contributed by atoms with Gasteiger partial charge >= 0.3 is 0 Å². The van der Waals surface area contributed by atoms with E-state index in [2.05, 4.69) is 4.98 Å². The Kier molecular flexibility index (Phi) is 9.18. The third-order valence-corrected chi connectivity index (χ3v) is 6.53. The molecule has 9 heteroatoms. The lowest BCUT2D eigenvalue weighted by Crippen LogP contribution is -2.47. The second-order valence-electron chi connectivity index (χ2n) is 9.37. The molecule has 198 valence electrons. The average molecular weight is 514 g/mol. The third-order valence-electron chi connectivity index (χ3n) is 6.53. The highest BCUT2D eigenvalue weighted by molar-refractivity contribution is 5.79. The summed E-state index contributed by atoms with van der Waals surface area (Å²) in [6.07, 6.45) is -0.824. The molecule has 0 aliphatic rings. The number of amides is 1. The number of nitrogens with two attached hydrogens (primary N) is 1. The van der Waals surface area contributed by atoms with Gasteiger partial charge in [-0.15, -0.1) is 0 Å². The first-order chi connectivity index (χ1) is 17.5.